The lowest BCUT2D eigenvalue weighted by molar-refractivity contribution is 1.04. The molecule has 6 aromatic heterocycles. The SMILES string of the molecule is CC/C=C\c1c(CC)c2cnccc2n1-c1cc(-n2c3ccccc3c3cnccc32)cc(-n2c3ccccc3c3cnccc32)c1. The molecule has 226 valence electrons. The predicted molar refractivity (Wildman–Crippen MR) is 194 cm³/mol. The molecule has 0 saturated carbocycles. The summed E-state index contributed by atoms with van der Waals surface area (Å²) in [5.74, 6) is 0. The Balaban J connectivity index is 1.45. The van der Waals surface area contributed by atoms with E-state index < -0.39 is 0 Å². The minimum absolute atomic E-state index is 0.908. The van der Waals surface area contributed by atoms with Crippen LogP contribution in [0, 0.1) is 0 Å². The average molecular weight is 609 g/mol. The van der Waals surface area contributed by atoms with Gasteiger partial charge in [0.25, 0.3) is 0 Å². The monoisotopic (exact) mass is 608 g/mol. The van der Waals surface area contributed by atoms with E-state index in [4.69, 9.17) is 0 Å². The number of pyridine rings is 3. The Morgan fingerprint density at radius 2 is 0.957 bits per heavy atom. The molecule has 0 N–H and O–H groups in total. The molecule has 6 nitrogen and oxygen atoms in total. The zero-order chi connectivity index (χ0) is 31.5. The molecule has 0 aliphatic heterocycles. The highest BCUT2D eigenvalue weighted by Gasteiger charge is 2.20. The fraction of sp³-hybridized carbons (Fsp3) is 0.0976. The maximum absolute atomic E-state index is 4.55. The molecular weight excluding hydrogens is 576 g/mol. The van der Waals surface area contributed by atoms with Crippen molar-refractivity contribution in [1.29, 1.82) is 0 Å². The molecule has 0 bridgehead atoms. The Morgan fingerprint density at radius 1 is 0.511 bits per heavy atom. The molecule has 6 heteroatoms. The van der Waals surface area contributed by atoms with Crippen molar-refractivity contribution in [3.63, 3.8) is 0 Å². The summed E-state index contributed by atoms with van der Waals surface area (Å²) in [7, 11) is 0. The average Bonchev–Trinajstić information content (AvgIpc) is 3.76. The van der Waals surface area contributed by atoms with Crippen LogP contribution in [0.15, 0.2) is 128 Å². The first-order valence-electron chi connectivity index (χ1n) is 16.2. The first-order chi connectivity index (χ1) is 23.3. The van der Waals surface area contributed by atoms with E-state index in [9.17, 15) is 0 Å². The number of benzene rings is 3. The maximum atomic E-state index is 4.55. The number of hydrogen-bond donors (Lipinski definition) is 0. The number of para-hydroxylation sites is 2. The van der Waals surface area contributed by atoms with Crippen LogP contribution in [-0.4, -0.2) is 28.7 Å². The fourth-order valence-corrected chi connectivity index (χ4v) is 7.43. The topological polar surface area (TPSA) is 53.5 Å². The maximum Gasteiger partial charge on any atom is 0.0571 e. The summed E-state index contributed by atoms with van der Waals surface area (Å²) in [4.78, 5) is 13.6. The Labute approximate surface area is 271 Å². The van der Waals surface area contributed by atoms with Crippen LogP contribution in [0.1, 0.15) is 31.5 Å². The van der Waals surface area contributed by atoms with E-state index in [-0.39, 0.29) is 0 Å². The molecule has 9 aromatic rings. The van der Waals surface area contributed by atoms with Crippen molar-refractivity contribution in [3.8, 4) is 17.1 Å². The van der Waals surface area contributed by atoms with Crippen molar-refractivity contribution in [2.45, 2.75) is 26.7 Å². The molecule has 0 amide bonds. The van der Waals surface area contributed by atoms with Crippen LogP contribution in [0.5, 0.6) is 0 Å². The zero-order valence-electron chi connectivity index (χ0n) is 26.3. The highest BCUT2D eigenvalue weighted by molar-refractivity contribution is 6.10. The van der Waals surface area contributed by atoms with Gasteiger partial charge in [-0.1, -0.05) is 56.3 Å². The number of aryl methyl sites for hydroxylation is 1. The molecule has 47 heavy (non-hydrogen) atoms. The lowest BCUT2D eigenvalue weighted by Gasteiger charge is -2.18. The van der Waals surface area contributed by atoms with Gasteiger partial charge in [-0.15, -0.1) is 0 Å². The number of fused-ring (bicyclic) bond motifs is 7. The standard InChI is InChI=1S/C41H32N6/c1-3-5-12-36-30(4-2)33-24-42-18-15-39(33)45(36)27-21-28(46-37-13-8-6-10-31(37)34-25-43-19-16-40(34)46)23-29(22-27)47-38-14-9-7-11-32(38)35-26-44-20-17-41(35)47/h5-26H,3-4H2,1-2H3/b12-5-. The van der Waals surface area contributed by atoms with E-state index in [1.807, 2.05) is 37.2 Å². The van der Waals surface area contributed by atoms with Gasteiger partial charge in [0, 0.05) is 69.8 Å². The highest BCUT2D eigenvalue weighted by atomic mass is 15.0. The smallest absolute Gasteiger partial charge is 0.0571 e. The number of hydrogen-bond acceptors (Lipinski definition) is 3. The van der Waals surface area contributed by atoms with Crippen LogP contribution in [0.4, 0.5) is 0 Å². The van der Waals surface area contributed by atoms with Crippen molar-refractivity contribution < 1.29 is 0 Å². The van der Waals surface area contributed by atoms with Gasteiger partial charge in [-0.25, -0.2) is 0 Å². The fourth-order valence-electron chi connectivity index (χ4n) is 7.43. The van der Waals surface area contributed by atoms with Gasteiger partial charge in [-0.3, -0.25) is 15.0 Å². The van der Waals surface area contributed by atoms with Crippen LogP contribution >= 0.6 is 0 Å². The quantitative estimate of drug-likeness (QED) is 0.189. The normalized spacial score (nSPS) is 12.1. The summed E-state index contributed by atoms with van der Waals surface area (Å²) >= 11 is 0. The molecule has 0 aliphatic carbocycles. The second-order valence-electron chi connectivity index (χ2n) is 12.0. The highest BCUT2D eigenvalue weighted by Crippen LogP contribution is 2.38. The first kappa shape index (κ1) is 27.3. The predicted octanol–water partition coefficient (Wildman–Crippen LogP) is 10.00. The van der Waals surface area contributed by atoms with E-state index in [0.29, 0.717) is 0 Å². The van der Waals surface area contributed by atoms with Crippen LogP contribution in [-0.2, 0) is 6.42 Å². The molecule has 0 atom stereocenters. The van der Waals surface area contributed by atoms with Crippen molar-refractivity contribution in [1.82, 2.24) is 28.7 Å². The van der Waals surface area contributed by atoms with Crippen molar-refractivity contribution in [3.05, 3.63) is 139 Å². The molecule has 0 aliphatic rings. The van der Waals surface area contributed by atoms with Gasteiger partial charge >= 0.3 is 0 Å². The minimum Gasteiger partial charge on any atom is -0.309 e. The summed E-state index contributed by atoms with van der Waals surface area (Å²) in [6.07, 6.45) is 18.0. The minimum atomic E-state index is 0.908. The number of rotatable bonds is 6. The number of nitrogens with zero attached hydrogens (tertiary/aromatic N) is 6. The molecule has 3 aromatic carbocycles. The third-order valence-corrected chi connectivity index (χ3v) is 9.39. The van der Waals surface area contributed by atoms with Gasteiger partial charge in [0.1, 0.15) is 0 Å². The summed E-state index contributed by atoms with van der Waals surface area (Å²) in [6, 6.07) is 30.6. The van der Waals surface area contributed by atoms with Gasteiger partial charge in [0.15, 0.2) is 0 Å². The zero-order valence-corrected chi connectivity index (χ0v) is 26.3. The summed E-state index contributed by atoms with van der Waals surface area (Å²) in [5, 5.41) is 5.82. The largest absolute Gasteiger partial charge is 0.309 e. The third-order valence-electron chi connectivity index (χ3n) is 9.39. The van der Waals surface area contributed by atoms with Gasteiger partial charge in [-0.05, 0) is 73.0 Å². The van der Waals surface area contributed by atoms with E-state index in [1.54, 1.807) is 0 Å². The first-order valence-corrected chi connectivity index (χ1v) is 16.2. The second-order valence-corrected chi connectivity index (χ2v) is 12.0. The van der Waals surface area contributed by atoms with E-state index in [0.717, 1.165) is 68.3 Å². The van der Waals surface area contributed by atoms with Crippen LogP contribution in [0.3, 0.4) is 0 Å². The summed E-state index contributed by atoms with van der Waals surface area (Å²) < 4.78 is 7.18. The molecule has 0 spiro atoms. The Bertz CT molecular complexity index is 2430. The summed E-state index contributed by atoms with van der Waals surface area (Å²) in [6.45, 7) is 4.42. The molecule has 6 heterocycles. The number of allylic oxidation sites excluding steroid dienone is 1. The molecule has 9 rings (SSSR count). The van der Waals surface area contributed by atoms with E-state index in [1.165, 1.54) is 27.4 Å². The molecule has 0 radical (unpaired) electrons. The van der Waals surface area contributed by atoms with Crippen LogP contribution in [0.2, 0.25) is 0 Å². The molecule has 0 fully saturated rings. The Morgan fingerprint density at radius 3 is 1.47 bits per heavy atom. The molecule has 0 saturated heterocycles. The van der Waals surface area contributed by atoms with E-state index >= 15 is 0 Å². The lowest BCUT2D eigenvalue weighted by atomic mass is 10.1. The Kier molecular flexibility index (Phi) is 6.28. The Hall–Kier alpha value is -6.01. The van der Waals surface area contributed by atoms with Crippen molar-refractivity contribution in [2.75, 3.05) is 0 Å². The lowest BCUT2D eigenvalue weighted by Crippen LogP contribution is -2.04. The summed E-state index contributed by atoms with van der Waals surface area (Å²) in [5.41, 5.74) is 11.4. The van der Waals surface area contributed by atoms with Gasteiger partial charge in [0.05, 0.1) is 44.6 Å². The van der Waals surface area contributed by atoms with Gasteiger partial charge < -0.3 is 13.7 Å². The van der Waals surface area contributed by atoms with Gasteiger partial charge in [-0.2, -0.15) is 0 Å². The molecule has 0 unspecified atom stereocenters. The second kappa shape index (κ2) is 10.8. The van der Waals surface area contributed by atoms with Gasteiger partial charge in [0.2, 0.25) is 0 Å². The number of aromatic nitrogens is 6. The van der Waals surface area contributed by atoms with Crippen molar-refractivity contribution >= 4 is 60.6 Å². The van der Waals surface area contributed by atoms with E-state index in [2.05, 4.69) is 140 Å². The van der Waals surface area contributed by atoms with Crippen molar-refractivity contribution in [2.24, 2.45) is 0 Å². The molecular formula is C41H32N6. The van der Waals surface area contributed by atoms with Crippen LogP contribution < -0.4 is 0 Å². The van der Waals surface area contributed by atoms with Crippen LogP contribution in [0.25, 0.3) is 77.7 Å². The third kappa shape index (κ3) is 4.08.